The summed E-state index contributed by atoms with van der Waals surface area (Å²) in [7, 11) is 0. The van der Waals surface area contributed by atoms with Crippen molar-refractivity contribution in [3.8, 4) is 16.9 Å². The van der Waals surface area contributed by atoms with Gasteiger partial charge in [-0.2, -0.15) is 0 Å². The smallest absolute Gasteiger partial charge is 0.150 e. The van der Waals surface area contributed by atoms with Gasteiger partial charge in [-0.05, 0) is 67.6 Å². The molecule has 0 aromatic heterocycles. The quantitative estimate of drug-likeness (QED) is 0.799. The van der Waals surface area contributed by atoms with Crippen LogP contribution in [-0.2, 0) is 0 Å². The monoisotopic (exact) mass is 328 g/mol. The number of benzene rings is 2. The molecule has 2 N–H and O–H groups in total. The first-order valence-electron chi connectivity index (χ1n) is 7.91. The van der Waals surface area contributed by atoms with E-state index in [4.69, 9.17) is 9.84 Å². The highest BCUT2D eigenvalue weighted by Crippen LogP contribution is 2.34. The van der Waals surface area contributed by atoms with Crippen molar-refractivity contribution >= 4 is 6.29 Å². The molecule has 0 aliphatic heterocycles. The molecule has 2 rings (SSSR count). The van der Waals surface area contributed by atoms with E-state index in [1.165, 1.54) is 6.92 Å². The lowest BCUT2D eigenvalue weighted by molar-refractivity contribution is -0.0325. The van der Waals surface area contributed by atoms with Gasteiger partial charge in [0.2, 0.25) is 0 Å². The van der Waals surface area contributed by atoms with Crippen molar-refractivity contribution in [2.75, 3.05) is 13.2 Å². The van der Waals surface area contributed by atoms with E-state index in [0.717, 1.165) is 34.1 Å². The molecule has 4 heteroatoms. The molecule has 0 radical (unpaired) electrons. The van der Waals surface area contributed by atoms with Gasteiger partial charge in [0.15, 0.2) is 0 Å². The molecule has 0 saturated carbocycles. The number of hydrogen-bond donors (Lipinski definition) is 2. The van der Waals surface area contributed by atoms with Crippen LogP contribution in [0.1, 0.15) is 34.0 Å². The van der Waals surface area contributed by atoms with Crippen LogP contribution in [-0.4, -0.2) is 35.3 Å². The standard InChI is InChI=1S/C20H24O4/c1-13-8-17(24-12-20(4,23)11-22)9-14(2)19(13)18-7-5-6-16(10-21)15(18)3/h5-10,22-23H,11-12H2,1-4H3. The molecule has 2 aromatic carbocycles. The summed E-state index contributed by atoms with van der Waals surface area (Å²) in [6.07, 6.45) is 0.873. The van der Waals surface area contributed by atoms with Gasteiger partial charge in [0.1, 0.15) is 24.2 Å². The Balaban J connectivity index is 2.39. The van der Waals surface area contributed by atoms with Crippen LogP contribution < -0.4 is 4.74 Å². The zero-order chi connectivity index (χ0) is 17.9. The Labute approximate surface area is 142 Å². The number of hydrogen-bond acceptors (Lipinski definition) is 4. The van der Waals surface area contributed by atoms with Gasteiger partial charge in [-0.3, -0.25) is 4.79 Å². The largest absolute Gasteiger partial charge is 0.490 e. The van der Waals surface area contributed by atoms with Crippen molar-refractivity contribution in [1.29, 1.82) is 0 Å². The summed E-state index contributed by atoms with van der Waals surface area (Å²) >= 11 is 0. The fourth-order valence-corrected chi connectivity index (χ4v) is 2.77. The number of aliphatic hydroxyl groups excluding tert-OH is 1. The summed E-state index contributed by atoms with van der Waals surface area (Å²) < 4.78 is 5.62. The Bertz CT molecular complexity index is 724. The van der Waals surface area contributed by atoms with E-state index in [1.807, 2.05) is 51.1 Å². The molecule has 1 unspecified atom stereocenters. The second-order valence-corrected chi connectivity index (χ2v) is 6.51. The number of ether oxygens (including phenoxy) is 1. The number of aliphatic hydroxyl groups is 2. The van der Waals surface area contributed by atoms with Crippen LogP contribution in [0.2, 0.25) is 0 Å². The van der Waals surface area contributed by atoms with Crippen molar-refractivity contribution in [2.24, 2.45) is 0 Å². The lowest BCUT2D eigenvalue weighted by atomic mass is 9.90. The molecule has 24 heavy (non-hydrogen) atoms. The Morgan fingerprint density at radius 2 is 1.79 bits per heavy atom. The fourth-order valence-electron chi connectivity index (χ4n) is 2.77. The lowest BCUT2D eigenvalue weighted by Crippen LogP contribution is -2.36. The van der Waals surface area contributed by atoms with Crippen LogP contribution in [0.4, 0.5) is 0 Å². The van der Waals surface area contributed by atoms with Crippen molar-refractivity contribution in [3.63, 3.8) is 0 Å². The molecule has 0 heterocycles. The molecule has 0 saturated heterocycles. The van der Waals surface area contributed by atoms with Crippen LogP contribution >= 0.6 is 0 Å². The summed E-state index contributed by atoms with van der Waals surface area (Å²) in [5.41, 5.74) is 4.54. The Morgan fingerprint density at radius 1 is 1.17 bits per heavy atom. The Kier molecular flexibility index (Phi) is 5.42. The van der Waals surface area contributed by atoms with Crippen LogP contribution in [0.15, 0.2) is 30.3 Å². The molecule has 0 amide bonds. The second-order valence-electron chi connectivity index (χ2n) is 6.51. The first-order chi connectivity index (χ1) is 11.3. The highest BCUT2D eigenvalue weighted by atomic mass is 16.5. The summed E-state index contributed by atoms with van der Waals surface area (Å²) in [5, 5.41) is 18.9. The van der Waals surface area contributed by atoms with Crippen molar-refractivity contribution in [1.82, 2.24) is 0 Å². The van der Waals surface area contributed by atoms with E-state index in [9.17, 15) is 9.90 Å². The van der Waals surface area contributed by atoms with Crippen LogP contribution in [0, 0.1) is 20.8 Å². The maximum absolute atomic E-state index is 11.2. The van der Waals surface area contributed by atoms with E-state index in [1.54, 1.807) is 0 Å². The molecule has 0 spiro atoms. The van der Waals surface area contributed by atoms with Gasteiger partial charge in [-0.25, -0.2) is 0 Å². The average Bonchev–Trinajstić information content (AvgIpc) is 2.54. The molecular formula is C20H24O4. The van der Waals surface area contributed by atoms with Gasteiger partial charge in [0.25, 0.3) is 0 Å². The number of carbonyl (C=O) groups is 1. The summed E-state index contributed by atoms with van der Waals surface area (Å²) in [5.74, 6) is 0.645. The zero-order valence-electron chi connectivity index (χ0n) is 14.6. The van der Waals surface area contributed by atoms with Crippen molar-refractivity contribution in [3.05, 3.63) is 52.6 Å². The minimum Gasteiger partial charge on any atom is -0.490 e. The second kappa shape index (κ2) is 7.16. The third kappa shape index (κ3) is 3.83. The topological polar surface area (TPSA) is 66.8 Å². The van der Waals surface area contributed by atoms with Gasteiger partial charge in [0.05, 0.1) is 6.61 Å². The number of carbonyl (C=O) groups excluding carboxylic acids is 1. The minimum atomic E-state index is -1.27. The summed E-state index contributed by atoms with van der Waals surface area (Å²) in [4.78, 5) is 11.2. The Morgan fingerprint density at radius 3 is 2.33 bits per heavy atom. The molecule has 2 aromatic rings. The van der Waals surface area contributed by atoms with Gasteiger partial charge in [-0.15, -0.1) is 0 Å². The maximum atomic E-state index is 11.2. The molecule has 1 atom stereocenters. The maximum Gasteiger partial charge on any atom is 0.150 e. The summed E-state index contributed by atoms with van der Waals surface area (Å²) in [6.45, 7) is 7.11. The SMILES string of the molecule is Cc1cc(OCC(C)(O)CO)cc(C)c1-c1cccc(C=O)c1C. The van der Waals surface area contributed by atoms with Crippen LogP contribution in [0.25, 0.3) is 11.1 Å². The van der Waals surface area contributed by atoms with E-state index in [-0.39, 0.29) is 13.2 Å². The van der Waals surface area contributed by atoms with E-state index in [0.29, 0.717) is 11.3 Å². The fraction of sp³-hybridized carbons (Fsp3) is 0.350. The normalized spacial score (nSPS) is 13.4. The van der Waals surface area contributed by atoms with E-state index >= 15 is 0 Å². The van der Waals surface area contributed by atoms with Gasteiger partial charge in [-0.1, -0.05) is 18.2 Å². The van der Waals surface area contributed by atoms with Crippen molar-refractivity contribution in [2.45, 2.75) is 33.3 Å². The summed E-state index contributed by atoms with van der Waals surface area (Å²) in [6, 6.07) is 9.51. The molecule has 0 bridgehead atoms. The average molecular weight is 328 g/mol. The van der Waals surface area contributed by atoms with E-state index in [2.05, 4.69) is 0 Å². The molecule has 4 nitrogen and oxygen atoms in total. The third-order valence-electron chi connectivity index (χ3n) is 4.17. The number of rotatable bonds is 6. The first-order valence-corrected chi connectivity index (χ1v) is 7.91. The van der Waals surface area contributed by atoms with Crippen LogP contribution in [0.3, 0.4) is 0 Å². The van der Waals surface area contributed by atoms with Gasteiger partial charge >= 0.3 is 0 Å². The van der Waals surface area contributed by atoms with Crippen molar-refractivity contribution < 1.29 is 19.7 Å². The van der Waals surface area contributed by atoms with Gasteiger partial charge < -0.3 is 14.9 Å². The van der Waals surface area contributed by atoms with E-state index < -0.39 is 5.60 Å². The number of aryl methyl sites for hydroxylation is 2. The van der Waals surface area contributed by atoms with Crippen LogP contribution in [0.5, 0.6) is 5.75 Å². The predicted octanol–water partition coefficient (Wildman–Crippen LogP) is 3.21. The third-order valence-corrected chi connectivity index (χ3v) is 4.17. The molecule has 0 aliphatic rings. The zero-order valence-corrected chi connectivity index (χ0v) is 14.6. The lowest BCUT2D eigenvalue weighted by Gasteiger charge is -2.22. The Hall–Kier alpha value is -2.17. The van der Waals surface area contributed by atoms with Gasteiger partial charge in [0, 0.05) is 5.56 Å². The highest BCUT2D eigenvalue weighted by molar-refractivity contribution is 5.84. The predicted molar refractivity (Wildman–Crippen MR) is 94.7 cm³/mol. The molecule has 128 valence electrons. The molecular weight excluding hydrogens is 304 g/mol. The first kappa shape index (κ1) is 18.2. The molecule has 0 aliphatic carbocycles. The molecule has 0 fully saturated rings. The number of aldehydes is 1. The highest BCUT2D eigenvalue weighted by Gasteiger charge is 2.20. The minimum absolute atomic E-state index is 0.0153.